The van der Waals surface area contributed by atoms with Gasteiger partial charge < -0.3 is 10.0 Å². The molecule has 1 heterocycles. The maximum Gasteiger partial charge on any atom is 0.0782 e. The van der Waals surface area contributed by atoms with Gasteiger partial charge in [0.15, 0.2) is 0 Å². The van der Waals surface area contributed by atoms with Gasteiger partial charge >= 0.3 is 0 Å². The van der Waals surface area contributed by atoms with Gasteiger partial charge in [-0.3, -0.25) is 0 Å². The molecular formula is C18H21NO. The molecule has 104 valence electrons. The molecule has 2 aromatic carbocycles. The standard InChI is InChI=1S/C18H21NO/c1-14(20)16-10-3-5-12-18(16)19-13-7-6-9-15-8-2-4-11-17(15)19/h2-5,8,10-12,14,20H,6-7,9,13H2,1H3/t14-/m1/s1. The summed E-state index contributed by atoms with van der Waals surface area (Å²) in [5, 5.41) is 10.0. The predicted molar refractivity (Wildman–Crippen MR) is 83.5 cm³/mol. The smallest absolute Gasteiger partial charge is 0.0782 e. The average molecular weight is 267 g/mol. The van der Waals surface area contributed by atoms with Gasteiger partial charge in [-0.1, -0.05) is 36.4 Å². The molecule has 0 bridgehead atoms. The molecule has 3 rings (SSSR count). The van der Waals surface area contributed by atoms with E-state index in [-0.39, 0.29) is 0 Å². The molecule has 1 atom stereocenters. The molecule has 20 heavy (non-hydrogen) atoms. The molecule has 0 aliphatic carbocycles. The number of nitrogens with zero attached hydrogens (tertiary/aromatic N) is 1. The van der Waals surface area contributed by atoms with Crippen LogP contribution in [0.4, 0.5) is 11.4 Å². The first-order chi connectivity index (χ1) is 9.77. The zero-order valence-corrected chi connectivity index (χ0v) is 11.9. The van der Waals surface area contributed by atoms with E-state index in [0.29, 0.717) is 0 Å². The predicted octanol–water partition coefficient (Wildman–Crippen LogP) is 4.21. The van der Waals surface area contributed by atoms with E-state index in [0.717, 1.165) is 24.2 Å². The molecule has 0 radical (unpaired) electrons. The number of aryl methyl sites for hydroxylation is 1. The lowest BCUT2D eigenvalue weighted by Gasteiger charge is -2.28. The number of aliphatic hydroxyl groups is 1. The lowest BCUT2D eigenvalue weighted by molar-refractivity contribution is 0.199. The molecule has 0 amide bonds. The molecule has 2 heteroatoms. The van der Waals surface area contributed by atoms with Crippen molar-refractivity contribution in [3.05, 3.63) is 59.7 Å². The van der Waals surface area contributed by atoms with Crippen LogP contribution in [-0.2, 0) is 6.42 Å². The molecular weight excluding hydrogens is 246 g/mol. The van der Waals surface area contributed by atoms with Crippen LogP contribution in [0, 0.1) is 0 Å². The third kappa shape index (κ3) is 2.44. The van der Waals surface area contributed by atoms with E-state index < -0.39 is 6.10 Å². The fourth-order valence-electron chi connectivity index (χ4n) is 3.03. The highest BCUT2D eigenvalue weighted by Crippen LogP contribution is 2.36. The minimum absolute atomic E-state index is 0.443. The fourth-order valence-corrected chi connectivity index (χ4v) is 3.03. The van der Waals surface area contributed by atoms with Gasteiger partial charge in [0, 0.05) is 23.5 Å². The summed E-state index contributed by atoms with van der Waals surface area (Å²) in [4.78, 5) is 2.37. The van der Waals surface area contributed by atoms with Crippen LogP contribution >= 0.6 is 0 Å². The molecule has 2 aromatic rings. The third-order valence-corrected chi connectivity index (χ3v) is 4.04. The Balaban J connectivity index is 2.10. The highest BCUT2D eigenvalue weighted by Gasteiger charge is 2.19. The Morgan fingerprint density at radius 3 is 2.45 bits per heavy atom. The van der Waals surface area contributed by atoms with Gasteiger partial charge in [-0.2, -0.15) is 0 Å². The van der Waals surface area contributed by atoms with Crippen LogP contribution in [0.5, 0.6) is 0 Å². The van der Waals surface area contributed by atoms with Crippen LogP contribution in [0.15, 0.2) is 48.5 Å². The largest absolute Gasteiger partial charge is 0.389 e. The lowest BCUT2D eigenvalue weighted by Crippen LogP contribution is -2.19. The summed E-state index contributed by atoms with van der Waals surface area (Å²) in [6, 6.07) is 16.8. The Bertz CT molecular complexity index is 591. The number of hydrogen-bond acceptors (Lipinski definition) is 2. The van der Waals surface area contributed by atoms with Gasteiger partial charge in [-0.15, -0.1) is 0 Å². The van der Waals surface area contributed by atoms with Crippen molar-refractivity contribution in [2.24, 2.45) is 0 Å². The quantitative estimate of drug-likeness (QED) is 0.881. The normalized spacial score (nSPS) is 16.4. The van der Waals surface area contributed by atoms with Gasteiger partial charge in [0.25, 0.3) is 0 Å². The summed E-state index contributed by atoms with van der Waals surface area (Å²) in [6.45, 7) is 2.85. The first-order valence-corrected chi connectivity index (χ1v) is 7.40. The van der Waals surface area contributed by atoms with Crippen molar-refractivity contribution in [3.8, 4) is 0 Å². The van der Waals surface area contributed by atoms with Crippen LogP contribution < -0.4 is 4.90 Å². The van der Waals surface area contributed by atoms with E-state index in [1.807, 2.05) is 19.1 Å². The Kier molecular flexibility index (Phi) is 3.75. The number of aliphatic hydroxyl groups excluding tert-OH is 1. The second kappa shape index (κ2) is 5.68. The van der Waals surface area contributed by atoms with E-state index in [1.165, 1.54) is 24.1 Å². The van der Waals surface area contributed by atoms with Gasteiger partial charge in [-0.05, 0) is 43.9 Å². The van der Waals surface area contributed by atoms with Crippen molar-refractivity contribution in [2.75, 3.05) is 11.4 Å². The van der Waals surface area contributed by atoms with Crippen molar-refractivity contribution < 1.29 is 5.11 Å². The second-order valence-electron chi connectivity index (χ2n) is 5.47. The topological polar surface area (TPSA) is 23.5 Å². The number of fused-ring (bicyclic) bond motifs is 1. The molecule has 1 aliphatic heterocycles. The monoisotopic (exact) mass is 267 g/mol. The SMILES string of the molecule is C[C@@H](O)c1ccccc1N1CCCCc2ccccc21. The Hall–Kier alpha value is -1.80. The highest BCUT2D eigenvalue weighted by atomic mass is 16.3. The van der Waals surface area contributed by atoms with Crippen LogP contribution in [0.3, 0.4) is 0 Å². The van der Waals surface area contributed by atoms with Gasteiger partial charge in [0.05, 0.1) is 6.10 Å². The van der Waals surface area contributed by atoms with E-state index >= 15 is 0 Å². The zero-order chi connectivity index (χ0) is 13.9. The van der Waals surface area contributed by atoms with Crippen LogP contribution in [-0.4, -0.2) is 11.7 Å². The Labute approximate surface area is 120 Å². The molecule has 0 saturated carbocycles. The number of benzene rings is 2. The van der Waals surface area contributed by atoms with Crippen LogP contribution in [0.2, 0.25) is 0 Å². The molecule has 2 nitrogen and oxygen atoms in total. The molecule has 1 aliphatic rings. The molecule has 0 spiro atoms. The molecule has 0 aromatic heterocycles. The summed E-state index contributed by atoms with van der Waals surface area (Å²) in [5.74, 6) is 0. The van der Waals surface area contributed by atoms with E-state index in [1.54, 1.807) is 0 Å². The fraction of sp³-hybridized carbons (Fsp3) is 0.333. The number of hydrogen-bond donors (Lipinski definition) is 1. The third-order valence-electron chi connectivity index (χ3n) is 4.04. The summed E-state index contributed by atoms with van der Waals surface area (Å²) in [5.41, 5.74) is 4.84. The van der Waals surface area contributed by atoms with Crippen LogP contribution in [0.1, 0.15) is 37.0 Å². The Morgan fingerprint density at radius 1 is 0.950 bits per heavy atom. The summed E-state index contributed by atoms with van der Waals surface area (Å²) in [6.07, 6.45) is 3.11. The van der Waals surface area contributed by atoms with Gasteiger partial charge in [0.2, 0.25) is 0 Å². The maximum atomic E-state index is 10.0. The number of anilines is 2. The van der Waals surface area contributed by atoms with E-state index in [2.05, 4.69) is 41.3 Å². The van der Waals surface area contributed by atoms with Crippen LogP contribution in [0.25, 0.3) is 0 Å². The van der Waals surface area contributed by atoms with E-state index in [9.17, 15) is 5.11 Å². The average Bonchev–Trinajstić information content (AvgIpc) is 2.69. The zero-order valence-electron chi connectivity index (χ0n) is 11.9. The number of rotatable bonds is 2. The van der Waals surface area contributed by atoms with Gasteiger partial charge in [0.1, 0.15) is 0 Å². The van der Waals surface area contributed by atoms with Crippen molar-refractivity contribution in [1.29, 1.82) is 0 Å². The van der Waals surface area contributed by atoms with Crippen molar-refractivity contribution in [2.45, 2.75) is 32.3 Å². The second-order valence-corrected chi connectivity index (χ2v) is 5.47. The van der Waals surface area contributed by atoms with E-state index in [4.69, 9.17) is 0 Å². The van der Waals surface area contributed by atoms with Crippen molar-refractivity contribution >= 4 is 11.4 Å². The molecule has 0 unspecified atom stereocenters. The summed E-state index contributed by atoms with van der Waals surface area (Å²) < 4.78 is 0. The molecule has 1 N–H and O–H groups in total. The minimum atomic E-state index is -0.443. The Morgan fingerprint density at radius 2 is 1.65 bits per heavy atom. The first kappa shape index (κ1) is 13.2. The first-order valence-electron chi connectivity index (χ1n) is 7.40. The maximum absolute atomic E-state index is 10.0. The lowest BCUT2D eigenvalue weighted by atomic mass is 10.0. The highest BCUT2D eigenvalue weighted by molar-refractivity contribution is 5.70. The summed E-state index contributed by atoms with van der Waals surface area (Å²) in [7, 11) is 0. The van der Waals surface area contributed by atoms with Crippen molar-refractivity contribution in [3.63, 3.8) is 0 Å². The molecule has 0 saturated heterocycles. The summed E-state index contributed by atoms with van der Waals surface area (Å²) >= 11 is 0. The van der Waals surface area contributed by atoms with Gasteiger partial charge in [-0.25, -0.2) is 0 Å². The molecule has 0 fully saturated rings. The minimum Gasteiger partial charge on any atom is -0.389 e. The van der Waals surface area contributed by atoms with Crippen molar-refractivity contribution in [1.82, 2.24) is 0 Å². The number of para-hydroxylation sites is 2.